The van der Waals surface area contributed by atoms with Crippen LogP contribution in [0.1, 0.15) is 36.5 Å². The fraction of sp³-hybridized carbons (Fsp3) is 0.231. The number of rotatable bonds is 3. The fourth-order valence-electron chi connectivity index (χ4n) is 4.35. The molecule has 1 N–H and O–H groups in total. The van der Waals surface area contributed by atoms with E-state index in [0.29, 0.717) is 17.3 Å². The summed E-state index contributed by atoms with van der Waals surface area (Å²) < 4.78 is 6.10. The number of fused-ring (bicyclic) bond motifs is 1. The minimum atomic E-state index is -0.283. The highest BCUT2D eigenvalue weighted by Gasteiger charge is 2.35. The molecule has 5 rings (SSSR count). The molecule has 162 valence electrons. The molecular weight excluding hydrogens is 422 g/mol. The second kappa shape index (κ2) is 7.99. The summed E-state index contributed by atoms with van der Waals surface area (Å²) in [6.07, 6.45) is 0.810. The lowest BCUT2D eigenvalue weighted by Crippen LogP contribution is -2.30. The van der Waals surface area contributed by atoms with E-state index in [2.05, 4.69) is 17.4 Å². The number of amides is 2. The lowest BCUT2D eigenvalue weighted by Gasteiger charge is -2.19. The largest absolute Gasteiger partial charge is 0.485 e. The fourth-order valence-corrected chi connectivity index (χ4v) is 4.48. The predicted octanol–water partition coefficient (Wildman–Crippen LogP) is 6.09. The van der Waals surface area contributed by atoms with Crippen molar-refractivity contribution in [1.29, 1.82) is 0 Å². The van der Waals surface area contributed by atoms with Crippen LogP contribution in [0.15, 0.2) is 77.9 Å². The third kappa shape index (κ3) is 3.96. The zero-order chi connectivity index (χ0) is 22.3. The molecule has 0 fully saturated rings. The Bertz CT molecular complexity index is 1190. The highest BCUT2D eigenvalue weighted by atomic mass is 35.5. The van der Waals surface area contributed by atoms with E-state index in [1.54, 1.807) is 0 Å². The molecule has 2 amide bonds. The van der Waals surface area contributed by atoms with E-state index in [0.717, 1.165) is 34.6 Å². The molecule has 0 spiro atoms. The van der Waals surface area contributed by atoms with Gasteiger partial charge in [-0.05, 0) is 43.2 Å². The maximum atomic E-state index is 13.2. The molecule has 0 radical (unpaired) electrons. The van der Waals surface area contributed by atoms with E-state index in [9.17, 15) is 4.79 Å². The van der Waals surface area contributed by atoms with Crippen LogP contribution in [0.25, 0.3) is 0 Å². The summed E-state index contributed by atoms with van der Waals surface area (Å²) in [7, 11) is 0. The van der Waals surface area contributed by atoms with Gasteiger partial charge in [0.2, 0.25) is 0 Å². The van der Waals surface area contributed by atoms with Gasteiger partial charge >= 0.3 is 6.03 Å². The summed E-state index contributed by atoms with van der Waals surface area (Å²) in [6.45, 7) is 4.55. The lowest BCUT2D eigenvalue weighted by molar-refractivity contribution is 0.139. The minimum Gasteiger partial charge on any atom is -0.485 e. The van der Waals surface area contributed by atoms with Crippen molar-refractivity contribution in [2.24, 2.45) is 5.10 Å². The van der Waals surface area contributed by atoms with E-state index in [-0.39, 0.29) is 17.6 Å². The number of nitrogens with zero attached hydrogens (tertiary/aromatic N) is 2. The van der Waals surface area contributed by atoms with Crippen LogP contribution in [0, 0.1) is 0 Å². The average molecular weight is 446 g/mol. The van der Waals surface area contributed by atoms with Crippen molar-refractivity contribution >= 4 is 29.0 Å². The number of carbonyl (C=O) groups is 1. The highest BCUT2D eigenvalue weighted by molar-refractivity contribution is 6.30. The lowest BCUT2D eigenvalue weighted by atomic mass is 9.91. The first-order valence-corrected chi connectivity index (χ1v) is 11.1. The number of nitrogens with one attached hydrogen (secondary N) is 1. The highest BCUT2D eigenvalue weighted by Crippen LogP contribution is 2.40. The Balaban J connectivity index is 1.43. The summed E-state index contributed by atoms with van der Waals surface area (Å²) in [5, 5.41) is 9.89. The van der Waals surface area contributed by atoms with Crippen LogP contribution in [-0.4, -0.2) is 28.9 Å². The van der Waals surface area contributed by atoms with Crippen LogP contribution in [0.2, 0.25) is 5.02 Å². The Morgan fingerprint density at radius 2 is 1.81 bits per heavy atom. The molecule has 6 heteroatoms. The average Bonchev–Trinajstić information content (AvgIpc) is 3.36. The topological polar surface area (TPSA) is 53.9 Å². The molecule has 2 heterocycles. The van der Waals surface area contributed by atoms with Crippen LogP contribution in [0.3, 0.4) is 0 Å². The molecule has 3 aromatic carbocycles. The Morgan fingerprint density at radius 1 is 1.06 bits per heavy atom. The molecule has 5 nitrogen and oxygen atoms in total. The third-order valence-electron chi connectivity index (χ3n) is 5.82. The summed E-state index contributed by atoms with van der Waals surface area (Å²) in [5.41, 5.74) is 4.39. The van der Waals surface area contributed by atoms with Crippen molar-refractivity contribution in [3.8, 4) is 5.75 Å². The van der Waals surface area contributed by atoms with Crippen LogP contribution in [0.5, 0.6) is 5.75 Å². The number of benzene rings is 3. The first-order chi connectivity index (χ1) is 15.4. The Labute approximate surface area is 192 Å². The molecule has 1 atom stereocenters. The summed E-state index contributed by atoms with van der Waals surface area (Å²) in [4.78, 5) is 13.2. The number of urea groups is 1. The second-order valence-electron chi connectivity index (χ2n) is 8.80. The minimum absolute atomic E-state index is 0.0280. The first kappa shape index (κ1) is 20.6. The van der Waals surface area contributed by atoms with Gasteiger partial charge in [-0.15, -0.1) is 0 Å². The number of hydrogen-bond acceptors (Lipinski definition) is 3. The summed E-state index contributed by atoms with van der Waals surface area (Å²) in [6, 6.07) is 23.3. The number of para-hydroxylation sites is 1. The standard InChI is InChI=1S/C26H24ClN3O2/c1-26(2)15-19-9-6-10-22(24(19)32-26)28-25(31)30-16-21(17-7-4-3-5-8-17)23(29-30)18-11-13-20(27)14-12-18/h3-14,21H,15-16H2,1-2H3,(H,28,31)/t21-/m1/s1. The van der Waals surface area contributed by atoms with Crippen molar-refractivity contribution in [2.45, 2.75) is 31.8 Å². The van der Waals surface area contributed by atoms with Gasteiger partial charge in [-0.3, -0.25) is 0 Å². The normalized spacial score (nSPS) is 18.7. The number of ether oxygens (including phenoxy) is 1. The third-order valence-corrected chi connectivity index (χ3v) is 6.08. The van der Waals surface area contributed by atoms with Crippen molar-refractivity contribution in [2.75, 3.05) is 11.9 Å². The van der Waals surface area contributed by atoms with Gasteiger partial charge in [0.25, 0.3) is 0 Å². The number of hydrogen-bond donors (Lipinski definition) is 1. The van der Waals surface area contributed by atoms with Crippen LogP contribution in [-0.2, 0) is 6.42 Å². The smallest absolute Gasteiger partial charge is 0.342 e. The van der Waals surface area contributed by atoms with Crippen molar-refractivity contribution in [1.82, 2.24) is 5.01 Å². The van der Waals surface area contributed by atoms with Gasteiger partial charge in [-0.2, -0.15) is 5.10 Å². The Morgan fingerprint density at radius 3 is 2.56 bits per heavy atom. The second-order valence-corrected chi connectivity index (χ2v) is 9.24. The molecule has 3 aromatic rings. The van der Waals surface area contributed by atoms with Gasteiger partial charge in [-0.25, -0.2) is 9.80 Å². The van der Waals surface area contributed by atoms with Crippen molar-refractivity contribution in [3.05, 3.63) is 94.5 Å². The predicted molar refractivity (Wildman–Crippen MR) is 128 cm³/mol. The van der Waals surface area contributed by atoms with E-state index in [4.69, 9.17) is 21.4 Å². The Hall–Kier alpha value is -3.31. The molecule has 0 aliphatic carbocycles. The molecule has 0 unspecified atom stereocenters. The maximum Gasteiger partial charge on any atom is 0.342 e. The Kier molecular flexibility index (Phi) is 5.14. The van der Waals surface area contributed by atoms with Crippen molar-refractivity contribution < 1.29 is 9.53 Å². The summed E-state index contributed by atoms with van der Waals surface area (Å²) in [5.74, 6) is 0.714. The molecule has 0 saturated heterocycles. The zero-order valence-corrected chi connectivity index (χ0v) is 18.8. The molecule has 2 aliphatic heterocycles. The monoisotopic (exact) mass is 445 g/mol. The van der Waals surface area contributed by atoms with E-state index in [1.165, 1.54) is 5.01 Å². The van der Waals surface area contributed by atoms with Crippen LogP contribution >= 0.6 is 11.6 Å². The van der Waals surface area contributed by atoms with Crippen LogP contribution < -0.4 is 10.1 Å². The molecule has 0 bridgehead atoms. The van der Waals surface area contributed by atoms with Gasteiger partial charge in [0.1, 0.15) is 11.4 Å². The van der Waals surface area contributed by atoms with Gasteiger partial charge in [-0.1, -0.05) is 66.2 Å². The van der Waals surface area contributed by atoms with Gasteiger partial charge in [0.15, 0.2) is 0 Å². The first-order valence-electron chi connectivity index (χ1n) is 10.7. The molecule has 2 aliphatic rings. The molecule has 0 saturated carbocycles. The molecule has 0 aromatic heterocycles. The van der Waals surface area contributed by atoms with E-state index >= 15 is 0 Å². The SMILES string of the molecule is CC1(C)Cc2cccc(NC(=O)N3C[C@H](c4ccccc4)C(c4ccc(Cl)cc4)=N3)c2O1. The van der Waals surface area contributed by atoms with Gasteiger partial charge < -0.3 is 10.1 Å². The molecule has 32 heavy (non-hydrogen) atoms. The van der Waals surface area contributed by atoms with Crippen LogP contribution in [0.4, 0.5) is 10.5 Å². The summed E-state index contributed by atoms with van der Waals surface area (Å²) >= 11 is 6.08. The van der Waals surface area contributed by atoms with Crippen molar-refractivity contribution in [3.63, 3.8) is 0 Å². The number of hydrazone groups is 1. The van der Waals surface area contributed by atoms with E-state index in [1.807, 2.05) is 74.5 Å². The number of carbonyl (C=O) groups excluding carboxylic acids is 1. The maximum absolute atomic E-state index is 13.2. The zero-order valence-electron chi connectivity index (χ0n) is 18.0. The quantitative estimate of drug-likeness (QED) is 0.530. The van der Waals surface area contributed by atoms with Gasteiger partial charge in [0, 0.05) is 22.9 Å². The number of halogens is 1. The van der Waals surface area contributed by atoms with E-state index < -0.39 is 0 Å². The number of anilines is 1. The van der Waals surface area contributed by atoms with Gasteiger partial charge in [0.05, 0.1) is 17.9 Å². The molecular formula is C26H24ClN3O2.